The molecule has 74 valence electrons. The second kappa shape index (κ2) is 3.66. The Kier molecular flexibility index (Phi) is 2.96. The first-order chi connectivity index (χ1) is 5.88. The fourth-order valence-electron chi connectivity index (χ4n) is 0.952. The van der Waals surface area contributed by atoms with Gasteiger partial charge in [-0.25, -0.2) is 0 Å². The smallest absolute Gasteiger partial charge is 0.234 e. The summed E-state index contributed by atoms with van der Waals surface area (Å²) < 4.78 is 5.37. The van der Waals surface area contributed by atoms with Crippen LogP contribution >= 0.6 is 11.6 Å². The number of nitrogens with zero attached hydrogens (tertiary/aromatic N) is 2. The van der Waals surface area contributed by atoms with Crippen LogP contribution in [0.4, 0.5) is 0 Å². The highest BCUT2D eigenvalue weighted by Crippen LogP contribution is 2.22. The Morgan fingerprint density at radius 1 is 1.38 bits per heavy atom. The van der Waals surface area contributed by atoms with Gasteiger partial charge in [0.2, 0.25) is 11.8 Å². The quantitative estimate of drug-likeness (QED) is 0.693. The van der Waals surface area contributed by atoms with E-state index < -0.39 is 0 Å². The highest BCUT2D eigenvalue weighted by molar-refractivity contribution is 6.20. The number of aromatic nitrogens is 2. The molecule has 0 aliphatic heterocycles. The van der Waals surface area contributed by atoms with E-state index in [-0.39, 0.29) is 10.8 Å². The van der Waals surface area contributed by atoms with Crippen LogP contribution in [-0.4, -0.2) is 10.2 Å². The van der Waals surface area contributed by atoms with Gasteiger partial charge in [-0.05, 0) is 12.3 Å². The van der Waals surface area contributed by atoms with Crippen molar-refractivity contribution in [1.82, 2.24) is 10.2 Å². The summed E-state index contributed by atoms with van der Waals surface area (Å²) in [7, 11) is 0. The van der Waals surface area contributed by atoms with E-state index in [9.17, 15) is 0 Å². The van der Waals surface area contributed by atoms with Gasteiger partial charge in [0.15, 0.2) is 0 Å². The molecule has 0 N–H and O–H groups in total. The average Bonchev–Trinajstić information content (AvgIpc) is 2.31. The van der Waals surface area contributed by atoms with Crippen molar-refractivity contribution in [2.75, 3.05) is 0 Å². The maximum Gasteiger partial charge on any atom is 0.234 e. The van der Waals surface area contributed by atoms with E-state index >= 15 is 0 Å². The third kappa shape index (κ3) is 3.35. The molecule has 1 unspecified atom stereocenters. The Bertz CT molecular complexity index is 275. The summed E-state index contributed by atoms with van der Waals surface area (Å²) in [5.74, 6) is 1.16. The molecule has 0 spiro atoms. The molecule has 0 aliphatic rings. The first-order valence-electron chi connectivity index (χ1n) is 4.35. The molecule has 1 atom stereocenters. The fourth-order valence-corrected chi connectivity index (χ4v) is 1.04. The van der Waals surface area contributed by atoms with Crippen molar-refractivity contribution in [3.8, 4) is 0 Å². The molecule has 0 saturated heterocycles. The molecule has 1 aromatic rings. The van der Waals surface area contributed by atoms with Crippen LogP contribution in [0.3, 0.4) is 0 Å². The maximum absolute atomic E-state index is 5.79. The van der Waals surface area contributed by atoms with E-state index in [0.29, 0.717) is 11.8 Å². The third-order valence-electron chi connectivity index (χ3n) is 1.50. The summed E-state index contributed by atoms with van der Waals surface area (Å²) in [5, 5.41) is 7.57. The minimum Gasteiger partial charge on any atom is -0.424 e. The average molecular weight is 203 g/mol. The van der Waals surface area contributed by atoms with Crippen LogP contribution in [0.15, 0.2) is 4.42 Å². The molecule has 0 saturated carbocycles. The standard InChI is InChI=1S/C9H15ClN2O/c1-6(10)8-12-11-7(13-8)5-9(2,3)4/h6H,5H2,1-4H3. The monoisotopic (exact) mass is 202 g/mol. The molecule has 4 heteroatoms. The summed E-state index contributed by atoms with van der Waals surface area (Å²) in [5.41, 5.74) is 0.166. The molecule has 13 heavy (non-hydrogen) atoms. The molecule has 0 amide bonds. The lowest BCUT2D eigenvalue weighted by Crippen LogP contribution is -2.09. The van der Waals surface area contributed by atoms with Gasteiger partial charge < -0.3 is 4.42 Å². The molecular weight excluding hydrogens is 188 g/mol. The molecule has 1 heterocycles. The predicted octanol–water partition coefficient (Wildman–Crippen LogP) is 2.96. The van der Waals surface area contributed by atoms with Crippen molar-refractivity contribution in [3.05, 3.63) is 11.8 Å². The molecule has 0 fully saturated rings. The molecule has 1 aromatic heterocycles. The minimum absolute atomic E-state index is 0.166. The molecule has 0 bridgehead atoms. The zero-order valence-electron chi connectivity index (χ0n) is 8.47. The highest BCUT2D eigenvalue weighted by Gasteiger charge is 2.17. The third-order valence-corrected chi connectivity index (χ3v) is 1.69. The summed E-state index contributed by atoms with van der Waals surface area (Å²) in [6.45, 7) is 8.19. The van der Waals surface area contributed by atoms with Gasteiger partial charge in [-0.3, -0.25) is 0 Å². The van der Waals surface area contributed by atoms with Crippen LogP contribution < -0.4 is 0 Å². The SMILES string of the molecule is CC(Cl)c1nnc(CC(C)(C)C)o1. The fraction of sp³-hybridized carbons (Fsp3) is 0.778. The Morgan fingerprint density at radius 2 is 2.00 bits per heavy atom. The van der Waals surface area contributed by atoms with Crippen LogP contribution in [0.25, 0.3) is 0 Å². The number of hydrogen-bond acceptors (Lipinski definition) is 3. The van der Waals surface area contributed by atoms with Gasteiger partial charge in [0, 0.05) is 6.42 Å². The number of rotatable bonds is 2. The van der Waals surface area contributed by atoms with Crippen molar-refractivity contribution in [2.24, 2.45) is 5.41 Å². The lowest BCUT2D eigenvalue weighted by atomic mass is 9.92. The van der Waals surface area contributed by atoms with Crippen LogP contribution in [-0.2, 0) is 6.42 Å². The molecule has 1 rings (SSSR count). The van der Waals surface area contributed by atoms with Crippen LogP contribution in [0, 0.1) is 5.41 Å². The Balaban J connectivity index is 2.70. The summed E-state index contributed by atoms with van der Waals surface area (Å²) in [4.78, 5) is 0. The van der Waals surface area contributed by atoms with E-state index in [1.54, 1.807) is 0 Å². The number of hydrogen-bond donors (Lipinski definition) is 0. The van der Waals surface area contributed by atoms with Crippen molar-refractivity contribution in [3.63, 3.8) is 0 Å². The van der Waals surface area contributed by atoms with Gasteiger partial charge in [0.25, 0.3) is 0 Å². The van der Waals surface area contributed by atoms with Gasteiger partial charge in [0.1, 0.15) is 5.38 Å². The minimum atomic E-state index is -0.207. The zero-order chi connectivity index (χ0) is 10.1. The normalized spacial score (nSPS) is 14.5. The largest absolute Gasteiger partial charge is 0.424 e. The Morgan fingerprint density at radius 3 is 2.38 bits per heavy atom. The lowest BCUT2D eigenvalue weighted by Gasteiger charge is -2.14. The van der Waals surface area contributed by atoms with E-state index in [2.05, 4.69) is 31.0 Å². The molecule has 0 aromatic carbocycles. The summed E-state index contributed by atoms with van der Waals surface area (Å²) in [6.07, 6.45) is 0.781. The van der Waals surface area contributed by atoms with Gasteiger partial charge >= 0.3 is 0 Å². The van der Waals surface area contributed by atoms with Crippen LogP contribution in [0.5, 0.6) is 0 Å². The molecule has 3 nitrogen and oxygen atoms in total. The summed E-state index contributed by atoms with van der Waals surface area (Å²) >= 11 is 5.79. The Hall–Kier alpha value is -0.570. The molecule has 0 radical (unpaired) electrons. The first kappa shape index (κ1) is 10.5. The predicted molar refractivity (Wildman–Crippen MR) is 51.7 cm³/mol. The van der Waals surface area contributed by atoms with Crippen molar-refractivity contribution in [1.29, 1.82) is 0 Å². The highest BCUT2D eigenvalue weighted by atomic mass is 35.5. The first-order valence-corrected chi connectivity index (χ1v) is 4.78. The number of alkyl halides is 1. The van der Waals surface area contributed by atoms with E-state index in [1.165, 1.54) is 0 Å². The van der Waals surface area contributed by atoms with Crippen molar-refractivity contribution < 1.29 is 4.42 Å². The molecule has 0 aliphatic carbocycles. The lowest BCUT2D eigenvalue weighted by molar-refractivity contribution is 0.345. The maximum atomic E-state index is 5.79. The summed E-state index contributed by atoms with van der Waals surface area (Å²) in [6, 6.07) is 0. The second-order valence-electron chi connectivity index (χ2n) is 4.39. The van der Waals surface area contributed by atoms with E-state index in [4.69, 9.17) is 16.0 Å². The van der Waals surface area contributed by atoms with Crippen molar-refractivity contribution >= 4 is 11.6 Å². The Labute approximate surface area is 83.5 Å². The zero-order valence-corrected chi connectivity index (χ0v) is 9.22. The van der Waals surface area contributed by atoms with Gasteiger partial charge in [-0.2, -0.15) is 0 Å². The second-order valence-corrected chi connectivity index (χ2v) is 5.04. The van der Waals surface area contributed by atoms with Gasteiger partial charge in [-0.1, -0.05) is 20.8 Å². The van der Waals surface area contributed by atoms with Gasteiger partial charge in [0.05, 0.1) is 0 Å². The van der Waals surface area contributed by atoms with Crippen molar-refractivity contribution in [2.45, 2.75) is 39.5 Å². The van der Waals surface area contributed by atoms with Crippen LogP contribution in [0.1, 0.15) is 44.9 Å². The topological polar surface area (TPSA) is 38.9 Å². The van der Waals surface area contributed by atoms with Gasteiger partial charge in [-0.15, -0.1) is 21.8 Å². The number of halogens is 1. The van der Waals surface area contributed by atoms with E-state index in [1.807, 2.05) is 6.92 Å². The van der Waals surface area contributed by atoms with E-state index in [0.717, 1.165) is 6.42 Å². The van der Waals surface area contributed by atoms with Crippen LogP contribution in [0.2, 0.25) is 0 Å². The molecular formula is C9H15ClN2O.